The van der Waals surface area contributed by atoms with Crippen molar-refractivity contribution in [3.63, 3.8) is 0 Å². The molecule has 0 unspecified atom stereocenters. The highest BCUT2D eigenvalue weighted by atomic mass is 32.1. The maximum absolute atomic E-state index is 11.8. The summed E-state index contributed by atoms with van der Waals surface area (Å²) < 4.78 is 4.90. The fourth-order valence-electron chi connectivity index (χ4n) is 1.62. The number of aryl methyl sites for hydroxylation is 1. The Bertz CT molecular complexity index is 622. The van der Waals surface area contributed by atoms with Crippen LogP contribution in [0.2, 0.25) is 0 Å². The van der Waals surface area contributed by atoms with Crippen LogP contribution in [0.25, 0.3) is 0 Å². The third-order valence-electron chi connectivity index (χ3n) is 2.61. The summed E-state index contributed by atoms with van der Waals surface area (Å²) in [4.78, 5) is 16.1. The van der Waals surface area contributed by atoms with Gasteiger partial charge in [0.1, 0.15) is 4.99 Å². The summed E-state index contributed by atoms with van der Waals surface area (Å²) in [7, 11) is 0. The van der Waals surface area contributed by atoms with Crippen LogP contribution in [0.15, 0.2) is 28.8 Å². The minimum absolute atomic E-state index is 0.121. The van der Waals surface area contributed by atoms with Crippen molar-refractivity contribution in [1.29, 1.82) is 0 Å². The molecule has 3 N–H and O–H groups in total. The second-order valence-corrected chi connectivity index (χ2v) is 4.69. The van der Waals surface area contributed by atoms with Crippen molar-refractivity contribution in [3.05, 3.63) is 47.1 Å². The van der Waals surface area contributed by atoms with Gasteiger partial charge in [-0.05, 0) is 12.5 Å². The van der Waals surface area contributed by atoms with Crippen LogP contribution in [-0.2, 0) is 17.8 Å². The summed E-state index contributed by atoms with van der Waals surface area (Å²) in [5.41, 5.74) is 7.17. The first-order chi connectivity index (χ1) is 9.54. The number of nitrogens with zero attached hydrogens (tertiary/aromatic N) is 2. The van der Waals surface area contributed by atoms with Crippen molar-refractivity contribution in [3.8, 4) is 0 Å². The minimum atomic E-state index is -0.121. The third-order valence-corrected chi connectivity index (χ3v) is 2.85. The normalized spacial score (nSPS) is 10.2. The van der Waals surface area contributed by atoms with Crippen LogP contribution in [0, 0.1) is 6.92 Å². The van der Waals surface area contributed by atoms with Crippen molar-refractivity contribution in [2.45, 2.75) is 19.9 Å². The van der Waals surface area contributed by atoms with Gasteiger partial charge in [0.15, 0.2) is 5.82 Å². The number of nitrogens with two attached hydrogens (primary N) is 1. The van der Waals surface area contributed by atoms with E-state index in [1.165, 1.54) is 0 Å². The molecular weight excluding hydrogens is 276 g/mol. The van der Waals surface area contributed by atoms with Gasteiger partial charge in [-0.2, -0.15) is 4.98 Å². The highest BCUT2D eigenvalue weighted by Gasteiger charge is 2.07. The van der Waals surface area contributed by atoms with Gasteiger partial charge in [0, 0.05) is 5.56 Å². The van der Waals surface area contributed by atoms with Crippen LogP contribution in [-0.4, -0.2) is 21.0 Å². The average molecular weight is 290 g/mol. The summed E-state index contributed by atoms with van der Waals surface area (Å²) >= 11 is 4.87. The Hall–Kier alpha value is -2.28. The zero-order valence-corrected chi connectivity index (χ0v) is 11.7. The Morgan fingerprint density at radius 1 is 1.40 bits per heavy atom. The van der Waals surface area contributed by atoms with E-state index in [1.807, 2.05) is 12.1 Å². The number of aromatic nitrogens is 2. The quantitative estimate of drug-likeness (QED) is 0.794. The zero-order valence-electron chi connectivity index (χ0n) is 10.9. The highest BCUT2D eigenvalue weighted by molar-refractivity contribution is 7.80. The second kappa shape index (κ2) is 6.25. The first-order valence-corrected chi connectivity index (χ1v) is 6.40. The molecule has 104 valence electrons. The molecule has 0 aliphatic carbocycles. The minimum Gasteiger partial charge on any atom is -0.389 e. The molecule has 0 spiro atoms. The van der Waals surface area contributed by atoms with E-state index in [2.05, 4.69) is 15.5 Å². The molecule has 0 aliphatic rings. The molecule has 1 aromatic heterocycles. The molecule has 0 saturated heterocycles. The van der Waals surface area contributed by atoms with Crippen LogP contribution in [0.5, 0.6) is 0 Å². The van der Waals surface area contributed by atoms with Gasteiger partial charge in [-0.15, -0.1) is 0 Å². The maximum Gasteiger partial charge on any atom is 0.246 e. The summed E-state index contributed by atoms with van der Waals surface area (Å²) in [5, 5.41) is 6.36. The van der Waals surface area contributed by atoms with E-state index in [0.29, 0.717) is 16.7 Å². The summed E-state index contributed by atoms with van der Waals surface area (Å²) in [5.74, 6) is 0.811. The Morgan fingerprint density at radius 2 is 2.10 bits per heavy atom. The standard InChI is InChI=1S/C13H14N4O2S/c1-8-16-12(19-17-8)7-15-11(18)6-9-2-4-10(5-3-9)13(14)20/h2-5H,6-7H2,1H3,(H2,14,20)(H,15,18). The van der Waals surface area contributed by atoms with Crippen LogP contribution in [0.4, 0.5) is 0 Å². The van der Waals surface area contributed by atoms with Crippen LogP contribution >= 0.6 is 12.2 Å². The van der Waals surface area contributed by atoms with E-state index in [0.717, 1.165) is 11.1 Å². The number of benzene rings is 1. The number of thiocarbonyl (C=S) groups is 1. The van der Waals surface area contributed by atoms with Gasteiger partial charge in [-0.1, -0.05) is 41.6 Å². The predicted octanol–water partition coefficient (Wildman–Crippen LogP) is 0.871. The molecule has 2 rings (SSSR count). The molecule has 1 heterocycles. The SMILES string of the molecule is Cc1noc(CNC(=O)Cc2ccc(C(N)=S)cc2)n1. The number of carbonyl (C=O) groups excluding carboxylic acids is 1. The third kappa shape index (κ3) is 3.86. The number of hydrogen-bond donors (Lipinski definition) is 2. The molecule has 7 heteroatoms. The summed E-state index contributed by atoms with van der Waals surface area (Å²) in [6.45, 7) is 1.95. The lowest BCUT2D eigenvalue weighted by Gasteiger charge is -2.04. The number of hydrogen-bond acceptors (Lipinski definition) is 5. The topological polar surface area (TPSA) is 94.0 Å². The van der Waals surface area contributed by atoms with Gasteiger partial charge in [0.25, 0.3) is 0 Å². The van der Waals surface area contributed by atoms with E-state index in [1.54, 1.807) is 19.1 Å². The molecule has 1 amide bonds. The van der Waals surface area contributed by atoms with Gasteiger partial charge in [-0.3, -0.25) is 4.79 Å². The smallest absolute Gasteiger partial charge is 0.246 e. The molecule has 0 fully saturated rings. The molecule has 1 aromatic carbocycles. The molecular formula is C13H14N4O2S. The van der Waals surface area contributed by atoms with E-state index >= 15 is 0 Å². The number of carbonyl (C=O) groups is 1. The monoisotopic (exact) mass is 290 g/mol. The fraction of sp³-hybridized carbons (Fsp3) is 0.231. The second-order valence-electron chi connectivity index (χ2n) is 4.25. The largest absolute Gasteiger partial charge is 0.389 e. The van der Waals surface area contributed by atoms with Gasteiger partial charge < -0.3 is 15.6 Å². The Labute approximate surface area is 121 Å². The van der Waals surface area contributed by atoms with E-state index in [4.69, 9.17) is 22.5 Å². The predicted molar refractivity (Wildman–Crippen MR) is 76.9 cm³/mol. The van der Waals surface area contributed by atoms with Crippen molar-refractivity contribution in [2.75, 3.05) is 0 Å². The Morgan fingerprint density at radius 3 is 2.65 bits per heavy atom. The van der Waals surface area contributed by atoms with Crippen molar-refractivity contribution in [1.82, 2.24) is 15.5 Å². The molecule has 0 aliphatic heterocycles. The summed E-state index contributed by atoms with van der Waals surface area (Å²) in [6, 6.07) is 7.24. The number of nitrogens with one attached hydrogen (secondary N) is 1. The molecule has 6 nitrogen and oxygen atoms in total. The Kier molecular flexibility index (Phi) is 4.41. The molecule has 2 aromatic rings. The van der Waals surface area contributed by atoms with Crippen molar-refractivity contribution in [2.24, 2.45) is 5.73 Å². The van der Waals surface area contributed by atoms with Crippen molar-refractivity contribution < 1.29 is 9.32 Å². The highest BCUT2D eigenvalue weighted by Crippen LogP contribution is 2.05. The lowest BCUT2D eigenvalue weighted by atomic mass is 10.1. The molecule has 0 atom stereocenters. The number of amides is 1. The van der Waals surface area contributed by atoms with Crippen LogP contribution in [0.3, 0.4) is 0 Å². The zero-order chi connectivity index (χ0) is 14.5. The van der Waals surface area contributed by atoms with Gasteiger partial charge in [0.05, 0.1) is 13.0 Å². The maximum atomic E-state index is 11.8. The first kappa shape index (κ1) is 14.1. The van der Waals surface area contributed by atoms with Crippen LogP contribution < -0.4 is 11.1 Å². The molecule has 0 bridgehead atoms. The van der Waals surface area contributed by atoms with Crippen LogP contribution in [0.1, 0.15) is 22.8 Å². The van der Waals surface area contributed by atoms with E-state index < -0.39 is 0 Å². The molecule has 0 radical (unpaired) electrons. The first-order valence-electron chi connectivity index (χ1n) is 5.99. The van der Waals surface area contributed by atoms with Gasteiger partial charge in [-0.25, -0.2) is 0 Å². The molecule has 20 heavy (non-hydrogen) atoms. The van der Waals surface area contributed by atoms with Gasteiger partial charge >= 0.3 is 0 Å². The fourth-order valence-corrected chi connectivity index (χ4v) is 1.76. The van der Waals surface area contributed by atoms with Gasteiger partial charge in [0.2, 0.25) is 11.8 Å². The lowest BCUT2D eigenvalue weighted by Crippen LogP contribution is -2.24. The van der Waals surface area contributed by atoms with Crippen molar-refractivity contribution >= 4 is 23.1 Å². The summed E-state index contributed by atoms with van der Waals surface area (Å²) in [6.07, 6.45) is 0.269. The lowest BCUT2D eigenvalue weighted by molar-refractivity contribution is -0.120. The Balaban J connectivity index is 1.86. The van der Waals surface area contributed by atoms with E-state index in [9.17, 15) is 4.79 Å². The van der Waals surface area contributed by atoms with E-state index in [-0.39, 0.29) is 18.9 Å². The molecule has 0 saturated carbocycles. The number of rotatable bonds is 5. The average Bonchev–Trinajstić information content (AvgIpc) is 2.83.